The van der Waals surface area contributed by atoms with Crippen LogP contribution >= 0.6 is 0 Å². The highest BCUT2D eigenvalue weighted by molar-refractivity contribution is 5.96. The molecule has 0 N–H and O–H groups in total. The second kappa shape index (κ2) is 6.75. The maximum atomic E-state index is 12.6. The van der Waals surface area contributed by atoms with E-state index in [1.807, 2.05) is 54.4 Å². The van der Waals surface area contributed by atoms with E-state index in [2.05, 4.69) is 17.9 Å². The molecule has 0 aliphatic carbocycles. The third-order valence-electron chi connectivity index (χ3n) is 4.96. The van der Waals surface area contributed by atoms with Crippen molar-refractivity contribution in [3.63, 3.8) is 0 Å². The van der Waals surface area contributed by atoms with Crippen LogP contribution in [0.3, 0.4) is 0 Å². The zero-order valence-corrected chi connectivity index (χ0v) is 15.1. The van der Waals surface area contributed by atoms with Gasteiger partial charge >= 0.3 is 0 Å². The fourth-order valence-corrected chi connectivity index (χ4v) is 3.43. The fourth-order valence-electron chi connectivity index (χ4n) is 3.43. The molecular formula is C21H22N4O. The molecule has 0 radical (unpaired) electrons. The second-order valence-corrected chi connectivity index (χ2v) is 6.60. The van der Waals surface area contributed by atoms with Crippen molar-refractivity contribution in [1.29, 1.82) is 0 Å². The second-order valence-electron chi connectivity index (χ2n) is 6.60. The average Bonchev–Trinajstić information content (AvgIpc) is 2.69. The molecule has 1 aliphatic rings. The minimum Gasteiger partial charge on any atom is -0.359 e. The summed E-state index contributed by atoms with van der Waals surface area (Å²) in [7, 11) is 2.03. The first-order chi connectivity index (χ1) is 12.7. The average molecular weight is 346 g/mol. The van der Waals surface area contributed by atoms with Crippen molar-refractivity contribution < 1.29 is 4.79 Å². The van der Waals surface area contributed by atoms with E-state index in [0.717, 1.165) is 35.4 Å². The summed E-state index contributed by atoms with van der Waals surface area (Å²) in [6, 6.07) is 16.1. The van der Waals surface area contributed by atoms with E-state index in [0.29, 0.717) is 18.8 Å². The first-order valence-electron chi connectivity index (χ1n) is 9.02. The normalized spacial score (nSPS) is 13.8. The zero-order valence-electron chi connectivity index (χ0n) is 15.1. The number of carbonyl (C=O) groups excluding carboxylic acids is 1. The number of carbonyl (C=O) groups is 1. The summed E-state index contributed by atoms with van der Waals surface area (Å²) in [5.41, 5.74) is 3.09. The number of nitrogens with zero attached hydrogens (tertiary/aromatic N) is 4. The predicted molar refractivity (Wildman–Crippen MR) is 104 cm³/mol. The lowest BCUT2D eigenvalue weighted by Crippen LogP contribution is -2.35. The Bertz CT molecular complexity index is 969. The number of aryl methyl sites for hydroxylation is 1. The Morgan fingerprint density at radius 1 is 1.04 bits per heavy atom. The van der Waals surface area contributed by atoms with Crippen molar-refractivity contribution in [3.8, 4) is 0 Å². The predicted octanol–water partition coefficient (Wildman–Crippen LogP) is 3.57. The summed E-state index contributed by atoms with van der Waals surface area (Å²) >= 11 is 0. The lowest BCUT2D eigenvalue weighted by molar-refractivity contribution is -0.119. The Labute approximate surface area is 153 Å². The van der Waals surface area contributed by atoms with Crippen molar-refractivity contribution in [1.82, 2.24) is 9.97 Å². The number of benzene rings is 2. The molecule has 0 spiro atoms. The van der Waals surface area contributed by atoms with Gasteiger partial charge in [0.25, 0.3) is 0 Å². The lowest BCUT2D eigenvalue weighted by Gasteiger charge is -2.29. The molecule has 0 atom stereocenters. The Kier molecular flexibility index (Phi) is 4.29. The molecule has 0 saturated heterocycles. The zero-order chi connectivity index (χ0) is 18.1. The molecule has 1 aromatic heterocycles. The van der Waals surface area contributed by atoms with E-state index in [1.54, 1.807) is 0 Å². The Balaban J connectivity index is 1.77. The highest BCUT2D eigenvalue weighted by atomic mass is 16.2. The van der Waals surface area contributed by atoms with Crippen LogP contribution in [-0.2, 0) is 17.8 Å². The van der Waals surface area contributed by atoms with Gasteiger partial charge < -0.3 is 9.80 Å². The Hall–Kier alpha value is -2.95. The van der Waals surface area contributed by atoms with Crippen molar-refractivity contribution in [2.24, 2.45) is 0 Å². The highest BCUT2D eigenvalue weighted by Crippen LogP contribution is 2.29. The molecule has 1 amide bonds. The number of fused-ring (bicyclic) bond motifs is 2. The molecule has 5 heteroatoms. The minimum atomic E-state index is 0.130. The van der Waals surface area contributed by atoms with Gasteiger partial charge in [-0.05, 0) is 37.1 Å². The van der Waals surface area contributed by atoms with Crippen molar-refractivity contribution in [3.05, 3.63) is 59.9 Å². The number of amides is 1. The van der Waals surface area contributed by atoms with Crippen molar-refractivity contribution in [2.45, 2.75) is 26.3 Å². The van der Waals surface area contributed by atoms with E-state index in [1.165, 1.54) is 5.56 Å². The molecule has 132 valence electrons. The smallest absolute Gasteiger partial charge is 0.227 e. The number of aromatic nitrogens is 2. The number of hydrogen-bond acceptors (Lipinski definition) is 4. The van der Waals surface area contributed by atoms with Gasteiger partial charge in [-0.1, -0.05) is 30.3 Å². The number of rotatable bonds is 4. The maximum absolute atomic E-state index is 12.6. The number of para-hydroxylation sites is 2. The summed E-state index contributed by atoms with van der Waals surface area (Å²) in [5.74, 6) is 1.71. The van der Waals surface area contributed by atoms with Crippen LogP contribution in [-0.4, -0.2) is 29.5 Å². The third kappa shape index (κ3) is 2.90. The lowest BCUT2D eigenvalue weighted by atomic mass is 10.0. The van der Waals surface area contributed by atoms with Gasteiger partial charge in [0.1, 0.15) is 5.82 Å². The Morgan fingerprint density at radius 2 is 1.81 bits per heavy atom. The fraction of sp³-hybridized carbons (Fsp3) is 0.286. The minimum absolute atomic E-state index is 0.130. The van der Waals surface area contributed by atoms with Crippen LogP contribution in [0.5, 0.6) is 0 Å². The molecule has 5 nitrogen and oxygen atoms in total. The van der Waals surface area contributed by atoms with Gasteiger partial charge in [0.05, 0.1) is 12.1 Å². The summed E-state index contributed by atoms with van der Waals surface area (Å²) in [5, 5.41) is 1.03. The van der Waals surface area contributed by atoms with Crippen molar-refractivity contribution >= 4 is 28.3 Å². The Morgan fingerprint density at radius 3 is 2.65 bits per heavy atom. The molecule has 0 unspecified atom stereocenters. The quantitative estimate of drug-likeness (QED) is 0.725. The standard InChI is InChI=1S/C21H22N4O/c1-3-24(2)21-16-9-5-6-10-17(16)22-19(23-21)14-25-18-11-7-4-8-15(18)12-13-20(25)26/h4-11H,3,12-14H2,1-2H3. The maximum Gasteiger partial charge on any atom is 0.227 e. The van der Waals surface area contributed by atoms with Crippen LogP contribution in [0.25, 0.3) is 10.9 Å². The van der Waals surface area contributed by atoms with Crippen LogP contribution in [0.15, 0.2) is 48.5 Å². The van der Waals surface area contributed by atoms with Gasteiger partial charge in [-0.2, -0.15) is 0 Å². The van der Waals surface area contributed by atoms with E-state index >= 15 is 0 Å². The summed E-state index contributed by atoms with van der Waals surface area (Å²) in [6.07, 6.45) is 1.33. The molecule has 2 aromatic carbocycles. The van der Waals surface area contributed by atoms with Gasteiger partial charge in [0.2, 0.25) is 5.91 Å². The number of hydrogen-bond donors (Lipinski definition) is 0. The number of anilines is 2. The first kappa shape index (κ1) is 16.5. The molecule has 26 heavy (non-hydrogen) atoms. The topological polar surface area (TPSA) is 49.3 Å². The molecule has 0 saturated carbocycles. The van der Waals surface area contributed by atoms with Crippen LogP contribution in [0, 0.1) is 0 Å². The SMILES string of the molecule is CCN(C)c1nc(CN2C(=O)CCc3ccccc32)nc2ccccc12. The van der Waals surface area contributed by atoms with Gasteiger partial charge in [-0.15, -0.1) is 0 Å². The molecule has 0 bridgehead atoms. The molecule has 3 aromatic rings. The third-order valence-corrected chi connectivity index (χ3v) is 4.96. The van der Waals surface area contributed by atoms with Crippen LogP contribution in [0.4, 0.5) is 11.5 Å². The van der Waals surface area contributed by atoms with Gasteiger partial charge in [0.15, 0.2) is 5.82 Å². The van der Waals surface area contributed by atoms with Crippen LogP contribution in [0.2, 0.25) is 0 Å². The first-order valence-corrected chi connectivity index (χ1v) is 9.02. The van der Waals surface area contributed by atoms with Crippen LogP contribution in [0.1, 0.15) is 24.7 Å². The van der Waals surface area contributed by atoms with E-state index in [9.17, 15) is 4.79 Å². The highest BCUT2D eigenvalue weighted by Gasteiger charge is 2.25. The summed E-state index contributed by atoms with van der Waals surface area (Å²) in [4.78, 5) is 26.0. The molecular weight excluding hydrogens is 324 g/mol. The largest absolute Gasteiger partial charge is 0.359 e. The van der Waals surface area contributed by atoms with E-state index in [4.69, 9.17) is 9.97 Å². The summed E-state index contributed by atoms with van der Waals surface area (Å²) in [6.45, 7) is 3.35. The molecule has 0 fully saturated rings. The van der Waals surface area contributed by atoms with E-state index < -0.39 is 0 Å². The van der Waals surface area contributed by atoms with Gasteiger partial charge in [-0.3, -0.25) is 4.79 Å². The summed E-state index contributed by atoms with van der Waals surface area (Å²) < 4.78 is 0. The van der Waals surface area contributed by atoms with Crippen molar-refractivity contribution in [2.75, 3.05) is 23.4 Å². The van der Waals surface area contributed by atoms with Gasteiger partial charge in [0, 0.05) is 31.1 Å². The molecule has 2 heterocycles. The molecule has 1 aliphatic heterocycles. The monoisotopic (exact) mass is 346 g/mol. The van der Waals surface area contributed by atoms with Crippen LogP contribution < -0.4 is 9.80 Å². The molecule has 4 rings (SSSR count). The van der Waals surface area contributed by atoms with Gasteiger partial charge in [-0.25, -0.2) is 9.97 Å². The van der Waals surface area contributed by atoms with E-state index in [-0.39, 0.29) is 5.91 Å².